The molecule has 2 atom stereocenters. The van der Waals surface area contributed by atoms with Crippen molar-refractivity contribution in [1.82, 2.24) is 0 Å². The van der Waals surface area contributed by atoms with E-state index in [2.05, 4.69) is 5.10 Å². The minimum Gasteiger partial charge on any atom is -0.464 e. The lowest BCUT2D eigenvalue weighted by atomic mass is 9.98. The lowest BCUT2D eigenvalue weighted by Gasteiger charge is -2.23. The highest BCUT2D eigenvalue weighted by Gasteiger charge is 2.59. The standard InChI is InChI=1S/C20H15Cl2N3O4/c1-10-13(22)4-3-5-14(10)24-18(26)15-16(20(28)29-2)23-25(17(15)19(24)27)12-8-6-11(21)7-9-12/h3-9,15,17H,1-2H3. The highest BCUT2D eigenvalue weighted by Crippen LogP contribution is 2.39. The van der Waals surface area contributed by atoms with Crippen LogP contribution in [0, 0.1) is 12.8 Å². The molecule has 29 heavy (non-hydrogen) atoms. The number of imide groups is 1. The Morgan fingerprint density at radius 1 is 1.07 bits per heavy atom. The summed E-state index contributed by atoms with van der Waals surface area (Å²) >= 11 is 12.1. The van der Waals surface area contributed by atoms with E-state index in [1.54, 1.807) is 49.4 Å². The fraction of sp³-hybridized carbons (Fsp3) is 0.200. The van der Waals surface area contributed by atoms with Crippen molar-refractivity contribution in [3.63, 3.8) is 0 Å². The molecule has 4 rings (SSSR count). The summed E-state index contributed by atoms with van der Waals surface area (Å²) in [5.41, 5.74) is 1.37. The third-order valence-electron chi connectivity index (χ3n) is 5.01. The lowest BCUT2D eigenvalue weighted by Crippen LogP contribution is -2.39. The molecule has 0 saturated carbocycles. The normalized spacial score (nSPS) is 20.8. The Balaban J connectivity index is 1.83. The second-order valence-corrected chi connectivity index (χ2v) is 7.46. The maximum absolute atomic E-state index is 13.3. The van der Waals surface area contributed by atoms with Crippen LogP contribution < -0.4 is 9.91 Å². The van der Waals surface area contributed by atoms with Crippen molar-refractivity contribution >= 4 is 58.1 Å². The van der Waals surface area contributed by atoms with Gasteiger partial charge in [-0.05, 0) is 48.9 Å². The Morgan fingerprint density at radius 3 is 2.41 bits per heavy atom. The minimum atomic E-state index is -1.08. The minimum absolute atomic E-state index is 0.118. The molecule has 2 aromatic carbocycles. The summed E-state index contributed by atoms with van der Waals surface area (Å²) in [6.45, 7) is 1.72. The first-order chi connectivity index (χ1) is 13.8. The van der Waals surface area contributed by atoms with E-state index in [9.17, 15) is 14.4 Å². The highest BCUT2D eigenvalue weighted by molar-refractivity contribution is 6.47. The number of hydrazone groups is 1. The van der Waals surface area contributed by atoms with Gasteiger partial charge in [0.25, 0.3) is 5.91 Å². The molecule has 2 heterocycles. The van der Waals surface area contributed by atoms with E-state index >= 15 is 0 Å². The summed E-state index contributed by atoms with van der Waals surface area (Å²) in [5.74, 6) is -2.89. The average Bonchev–Trinajstić information content (AvgIpc) is 3.22. The zero-order valence-corrected chi connectivity index (χ0v) is 16.9. The first-order valence-corrected chi connectivity index (χ1v) is 9.45. The number of carbonyl (C=O) groups excluding carboxylic acids is 3. The predicted octanol–water partition coefficient (Wildman–Crippen LogP) is 3.21. The van der Waals surface area contributed by atoms with Crippen molar-refractivity contribution < 1.29 is 19.1 Å². The van der Waals surface area contributed by atoms with Crippen LogP contribution in [0.3, 0.4) is 0 Å². The van der Waals surface area contributed by atoms with Gasteiger partial charge < -0.3 is 4.74 Å². The fourth-order valence-electron chi connectivity index (χ4n) is 3.57. The van der Waals surface area contributed by atoms with Crippen LogP contribution in [0.4, 0.5) is 11.4 Å². The molecule has 2 aromatic rings. The number of amides is 2. The van der Waals surface area contributed by atoms with Crippen LogP contribution in [0.1, 0.15) is 5.56 Å². The van der Waals surface area contributed by atoms with Gasteiger partial charge in [0, 0.05) is 10.0 Å². The van der Waals surface area contributed by atoms with Gasteiger partial charge in [0.2, 0.25) is 5.91 Å². The van der Waals surface area contributed by atoms with E-state index in [0.717, 1.165) is 4.90 Å². The maximum atomic E-state index is 13.3. The molecule has 0 bridgehead atoms. The molecule has 2 aliphatic heterocycles. The molecule has 0 aromatic heterocycles. The van der Waals surface area contributed by atoms with Gasteiger partial charge in [-0.15, -0.1) is 0 Å². The van der Waals surface area contributed by atoms with Crippen molar-refractivity contribution in [1.29, 1.82) is 0 Å². The molecule has 0 N–H and O–H groups in total. The quantitative estimate of drug-likeness (QED) is 0.550. The summed E-state index contributed by atoms with van der Waals surface area (Å²) < 4.78 is 4.79. The summed E-state index contributed by atoms with van der Waals surface area (Å²) in [6.07, 6.45) is 0. The molecule has 1 saturated heterocycles. The Kier molecular flexibility index (Phi) is 4.80. The number of rotatable bonds is 3. The zero-order valence-electron chi connectivity index (χ0n) is 15.4. The average molecular weight is 432 g/mol. The SMILES string of the molecule is COC(=O)C1=NN(c2ccc(Cl)cc2)C2C(=O)N(c3cccc(Cl)c3C)C(=O)C12. The number of halogens is 2. The van der Waals surface area contributed by atoms with E-state index in [1.807, 2.05) is 0 Å². The van der Waals surface area contributed by atoms with Gasteiger partial charge in [-0.2, -0.15) is 5.10 Å². The molecule has 0 spiro atoms. The Hall–Kier alpha value is -2.90. The second-order valence-electron chi connectivity index (χ2n) is 6.62. The van der Waals surface area contributed by atoms with Gasteiger partial charge in [0.15, 0.2) is 5.71 Å². The van der Waals surface area contributed by atoms with Gasteiger partial charge in [0.1, 0.15) is 12.0 Å². The summed E-state index contributed by atoms with van der Waals surface area (Å²) in [5, 5.41) is 6.55. The Morgan fingerprint density at radius 2 is 1.76 bits per heavy atom. The highest BCUT2D eigenvalue weighted by atomic mass is 35.5. The lowest BCUT2D eigenvalue weighted by molar-refractivity contribution is -0.133. The van der Waals surface area contributed by atoms with Crippen molar-refractivity contribution in [2.75, 3.05) is 17.0 Å². The van der Waals surface area contributed by atoms with Crippen LogP contribution in [-0.4, -0.2) is 36.6 Å². The number of benzene rings is 2. The van der Waals surface area contributed by atoms with Gasteiger partial charge in [-0.1, -0.05) is 29.3 Å². The Labute approximate surface area is 176 Å². The van der Waals surface area contributed by atoms with Gasteiger partial charge >= 0.3 is 5.97 Å². The van der Waals surface area contributed by atoms with Crippen molar-refractivity contribution in [3.8, 4) is 0 Å². The molecule has 9 heteroatoms. The second kappa shape index (κ2) is 7.17. The van der Waals surface area contributed by atoms with E-state index in [0.29, 0.717) is 27.0 Å². The molecule has 1 fully saturated rings. The number of anilines is 2. The number of hydrogen-bond acceptors (Lipinski definition) is 6. The first-order valence-electron chi connectivity index (χ1n) is 8.69. The van der Waals surface area contributed by atoms with E-state index < -0.39 is 29.7 Å². The summed E-state index contributed by atoms with van der Waals surface area (Å²) in [4.78, 5) is 40.0. The Bertz CT molecular complexity index is 1070. The molecule has 0 aliphatic carbocycles. The number of methoxy groups -OCH3 is 1. The molecule has 2 aliphatic rings. The van der Waals surface area contributed by atoms with Crippen LogP contribution >= 0.6 is 23.2 Å². The molecule has 7 nitrogen and oxygen atoms in total. The van der Waals surface area contributed by atoms with Crippen LogP contribution in [0.25, 0.3) is 0 Å². The van der Waals surface area contributed by atoms with Crippen molar-refractivity contribution in [3.05, 3.63) is 58.1 Å². The molecule has 0 radical (unpaired) electrons. The number of carbonyl (C=O) groups is 3. The van der Waals surface area contributed by atoms with Crippen molar-refractivity contribution in [2.24, 2.45) is 11.0 Å². The van der Waals surface area contributed by atoms with Crippen LogP contribution in [0.2, 0.25) is 10.0 Å². The van der Waals surface area contributed by atoms with Gasteiger partial charge in [0.05, 0.1) is 18.5 Å². The van der Waals surface area contributed by atoms with E-state index in [4.69, 9.17) is 27.9 Å². The smallest absolute Gasteiger partial charge is 0.355 e. The van der Waals surface area contributed by atoms with Crippen LogP contribution in [-0.2, 0) is 19.1 Å². The number of hydrogen-bond donors (Lipinski definition) is 0. The molecular weight excluding hydrogens is 417 g/mol. The zero-order chi connectivity index (χ0) is 20.9. The van der Waals surface area contributed by atoms with Crippen LogP contribution in [0.15, 0.2) is 47.6 Å². The van der Waals surface area contributed by atoms with E-state index in [-0.39, 0.29) is 5.71 Å². The number of ether oxygens (including phenoxy) is 1. The third-order valence-corrected chi connectivity index (χ3v) is 5.68. The summed E-state index contributed by atoms with van der Waals surface area (Å²) in [7, 11) is 1.20. The van der Waals surface area contributed by atoms with Gasteiger partial charge in [-0.25, -0.2) is 9.69 Å². The molecule has 2 amide bonds. The fourth-order valence-corrected chi connectivity index (χ4v) is 3.87. The van der Waals surface area contributed by atoms with Crippen LogP contribution in [0.5, 0.6) is 0 Å². The topological polar surface area (TPSA) is 79.3 Å². The maximum Gasteiger partial charge on any atom is 0.355 e. The largest absolute Gasteiger partial charge is 0.464 e. The predicted molar refractivity (Wildman–Crippen MR) is 109 cm³/mol. The third kappa shape index (κ3) is 2.97. The monoisotopic (exact) mass is 431 g/mol. The number of fused-ring (bicyclic) bond motifs is 1. The van der Waals surface area contributed by atoms with Gasteiger partial charge in [-0.3, -0.25) is 14.6 Å². The first kappa shape index (κ1) is 19.4. The number of nitrogens with zero attached hydrogens (tertiary/aromatic N) is 3. The molecule has 148 valence electrons. The van der Waals surface area contributed by atoms with Crippen molar-refractivity contribution in [2.45, 2.75) is 13.0 Å². The number of esters is 1. The summed E-state index contributed by atoms with van der Waals surface area (Å²) in [6, 6.07) is 10.6. The molecule has 2 unspecified atom stereocenters. The van der Waals surface area contributed by atoms with E-state index in [1.165, 1.54) is 12.1 Å². The molecular formula is C20H15Cl2N3O4.